The molecular weight excluding hydrogens is 213 g/mol. The zero-order valence-electron chi connectivity index (χ0n) is 8.38. The molecule has 82 valence electrons. The van der Waals surface area contributed by atoms with Crippen LogP contribution in [0.25, 0.3) is 5.69 Å². The van der Waals surface area contributed by atoms with E-state index in [-0.39, 0.29) is 11.4 Å². The summed E-state index contributed by atoms with van der Waals surface area (Å²) in [5.41, 5.74) is 0.711. The Hall–Kier alpha value is -2.24. The number of hydrogen-bond acceptors (Lipinski definition) is 3. The first kappa shape index (κ1) is 10.3. The van der Waals surface area contributed by atoms with Crippen molar-refractivity contribution < 1.29 is 14.3 Å². The molecule has 0 aliphatic rings. The van der Waals surface area contributed by atoms with Gasteiger partial charge in [0.2, 0.25) is 0 Å². The second-order valence-corrected chi connectivity index (χ2v) is 3.29. The molecule has 0 atom stereocenters. The van der Waals surface area contributed by atoms with Crippen LogP contribution in [0.5, 0.6) is 0 Å². The van der Waals surface area contributed by atoms with Gasteiger partial charge in [-0.05, 0) is 24.6 Å². The van der Waals surface area contributed by atoms with Gasteiger partial charge in [0, 0.05) is 0 Å². The lowest BCUT2D eigenvalue weighted by atomic mass is 10.2. The summed E-state index contributed by atoms with van der Waals surface area (Å²) >= 11 is 0. The Kier molecular flexibility index (Phi) is 2.40. The molecule has 1 aromatic carbocycles. The Morgan fingerprint density at radius 3 is 2.94 bits per heavy atom. The van der Waals surface area contributed by atoms with Gasteiger partial charge in [-0.15, -0.1) is 5.10 Å². The Morgan fingerprint density at radius 2 is 2.25 bits per heavy atom. The molecule has 0 spiro atoms. The first-order valence-corrected chi connectivity index (χ1v) is 4.50. The van der Waals surface area contributed by atoms with Crippen molar-refractivity contribution in [1.82, 2.24) is 15.0 Å². The highest BCUT2D eigenvalue weighted by Gasteiger charge is 2.15. The molecule has 0 bridgehead atoms. The van der Waals surface area contributed by atoms with Crippen molar-refractivity contribution in [3.8, 4) is 5.69 Å². The number of carbonyl (C=O) groups is 1. The fourth-order valence-corrected chi connectivity index (χ4v) is 1.34. The minimum Gasteiger partial charge on any atom is -0.476 e. The minimum absolute atomic E-state index is 0.0786. The number of halogens is 1. The number of rotatable bonds is 2. The molecule has 0 saturated carbocycles. The summed E-state index contributed by atoms with van der Waals surface area (Å²) in [4.78, 5) is 10.8. The number of carboxylic acid groups (broad SMARTS) is 1. The summed E-state index contributed by atoms with van der Waals surface area (Å²) in [6.07, 6.45) is 1.07. The number of aryl methyl sites for hydroxylation is 1. The second-order valence-electron chi connectivity index (χ2n) is 3.29. The Bertz CT molecular complexity index is 551. The maximum atomic E-state index is 13.5. The molecule has 0 radical (unpaired) electrons. The average molecular weight is 221 g/mol. The van der Waals surface area contributed by atoms with Crippen LogP contribution in [0.3, 0.4) is 0 Å². The molecule has 0 amide bonds. The quantitative estimate of drug-likeness (QED) is 0.832. The summed E-state index contributed by atoms with van der Waals surface area (Å²) in [5, 5.41) is 15.9. The lowest BCUT2D eigenvalue weighted by molar-refractivity contribution is 0.0687. The predicted molar refractivity (Wildman–Crippen MR) is 53.0 cm³/mol. The van der Waals surface area contributed by atoms with E-state index >= 15 is 0 Å². The number of carboxylic acids is 1. The summed E-state index contributed by atoms with van der Waals surface area (Å²) in [6.45, 7) is 1.78. The molecule has 1 aromatic heterocycles. The molecule has 5 nitrogen and oxygen atoms in total. The SMILES string of the molecule is Cc1ccc(F)c(-n2nncc2C(=O)O)c1. The molecule has 0 unspecified atom stereocenters. The van der Waals surface area contributed by atoms with E-state index in [0.717, 1.165) is 16.4 Å². The van der Waals surface area contributed by atoms with Crippen molar-refractivity contribution in [2.45, 2.75) is 6.92 Å². The highest BCUT2D eigenvalue weighted by molar-refractivity contribution is 5.85. The van der Waals surface area contributed by atoms with Crippen LogP contribution < -0.4 is 0 Å². The molecule has 6 heteroatoms. The molecule has 0 saturated heterocycles. The zero-order valence-corrected chi connectivity index (χ0v) is 8.38. The van der Waals surface area contributed by atoms with E-state index in [4.69, 9.17) is 5.11 Å². The van der Waals surface area contributed by atoms with Crippen molar-refractivity contribution in [3.05, 3.63) is 41.5 Å². The Balaban J connectivity index is 2.62. The van der Waals surface area contributed by atoms with Gasteiger partial charge >= 0.3 is 5.97 Å². The van der Waals surface area contributed by atoms with Crippen LogP contribution in [0.15, 0.2) is 24.4 Å². The summed E-state index contributed by atoms with van der Waals surface area (Å²) in [6, 6.07) is 4.37. The molecule has 16 heavy (non-hydrogen) atoms. The summed E-state index contributed by atoms with van der Waals surface area (Å²) < 4.78 is 14.5. The van der Waals surface area contributed by atoms with Gasteiger partial charge in [0.05, 0.1) is 6.20 Å². The minimum atomic E-state index is -1.20. The van der Waals surface area contributed by atoms with Crippen LogP contribution >= 0.6 is 0 Å². The number of benzene rings is 1. The average Bonchev–Trinajstić information content (AvgIpc) is 2.70. The first-order chi connectivity index (χ1) is 7.59. The fourth-order valence-electron chi connectivity index (χ4n) is 1.34. The standard InChI is InChI=1S/C10H8FN3O2/c1-6-2-3-7(11)8(4-6)14-9(10(15)16)5-12-13-14/h2-5H,1H3,(H,15,16). The maximum absolute atomic E-state index is 13.5. The van der Waals surface area contributed by atoms with E-state index in [9.17, 15) is 9.18 Å². The second kappa shape index (κ2) is 3.73. The van der Waals surface area contributed by atoms with Gasteiger partial charge in [0.1, 0.15) is 11.5 Å². The predicted octanol–water partition coefficient (Wildman–Crippen LogP) is 1.41. The molecule has 0 aliphatic heterocycles. The van der Waals surface area contributed by atoms with E-state index in [0.29, 0.717) is 0 Å². The van der Waals surface area contributed by atoms with Gasteiger partial charge < -0.3 is 5.11 Å². The van der Waals surface area contributed by atoms with Crippen LogP contribution in [0.4, 0.5) is 4.39 Å². The monoisotopic (exact) mass is 221 g/mol. The van der Waals surface area contributed by atoms with Crippen LogP contribution in [-0.2, 0) is 0 Å². The van der Waals surface area contributed by atoms with Gasteiger partial charge in [-0.2, -0.15) is 0 Å². The summed E-state index contributed by atoms with van der Waals surface area (Å²) in [7, 11) is 0. The lowest BCUT2D eigenvalue weighted by Gasteiger charge is -2.05. The van der Waals surface area contributed by atoms with Gasteiger partial charge in [0.15, 0.2) is 5.69 Å². The molecule has 0 fully saturated rings. The normalized spacial score (nSPS) is 10.4. The Labute approximate surface area is 90.1 Å². The summed E-state index contributed by atoms with van der Waals surface area (Å²) in [5.74, 6) is -1.75. The van der Waals surface area contributed by atoms with Crippen LogP contribution in [0, 0.1) is 12.7 Å². The van der Waals surface area contributed by atoms with Crippen molar-refractivity contribution in [3.63, 3.8) is 0 Å². The van der Waals surface area contributed by atoms with Crippen molar-refractivity contribution >= 4 is 5.97 Å². The molecule has 1 heterocycles. The highest BCUT2D eigenvalue weighted by atomic mass is 19.1. The van der Waals surface area contributed by atoms with E-state index in [2.05, 4.69) is 10.3 Å². The van der Waals surface area contributed by atoms with Gasteiger partial charge in [-0.1, -0.05) is 11.3 Å². The highest BCUT2D eigenvalue weighted by Crippen LogP contribution is 2.15. The number of hydrogen-bond donors (Lipinski definition) is 1. The van der Waals surface area contributed by atoms with Crippen molar-refractivity contribution in [2.24, 2.45) is 0 Å². The smallest absolute Gasteiger partial charge is 0.356 e. The topological polar surface area (TPSA) is 68.0 Å². The largest absolute Gasteiger partial charge is 0.476 e. The third-order valence-corrected chi connectivity index (χ3v) is 2.10. The molecule has 0 aliphatic carbocycles. The van der Waals surface area contributed by atoms with Gasteiger partial charge in [-0.25, -0.2) is 13.9 Å². The molecule has 2 rings (SSSR count). The van der Waals surface area contributed by atoms with E-state index < -0.39 is 11.8 Å². The van der Waals surface area contributed by atoms with Crippen LogP contribution in [0.2, 0.25) is 0 Å². The zero-order chi connectivity index (χ0) is 11.7. The molecule has 1 N–H and O–H groups in total. The van der Waals surface area contributed by atoms with E-state index in [1.807, 2.05) is 0 Å². The third kappa shape index (κ3) is 1.65. The number of nitrogens with zero attached hydrogens (tertiary/aromatic N) is 3. The third-order valence-electron chi connectivity index (χ3n) is 2.10. The van der Waals surface area contributed by atoms with Crippen molar-refractivity contribution in [2.75, 3.05) is 0 Å². The molecule has 2 aromatic rings. The van der Waals surface area contributed by atoms with E-state index in [1.165, 1.54) is 12.1 Å². The fraction of sp³-hybridized carbons (Fsp3) is 0.100. The van der Waals surface area contributed by atoms with Crippen LogP contribution in [-0.4, -0.2) is 26.1 Å². The van der Waals surface area contributed by atoms with Gasteiger partial charge in [0.25, 0.3) is 0 Å². The van der Waals surface area contributed by atoms with E-state index in [1.54, 1.807) is 13.0 Å². The first-order valence-electron chi connectivity index (χ1n) is 4.50. The number of aromatic carboxylic acids is 1. The van der Waals surface area contributed by atoms with Gasteiger partial charge in [-0.3, -0.25) is 0 Å². The maximum Gasteiger partial charge on any atom is 0.356 e. The Morgan fingerprint density at radius 1 is 1.50 bits per heavy atom. The van der Waals surface area contributed by atoms with Crippen molar-refractivity contribution in [1.29, 1.82) is 0 Å². The van der Waals surface area contributed by atoms with Crippen LogP contribution in [0.1, 0.15) is 16.1 Å². The molecular formula is C10H8FN3O2. The number of aromatic nitrogens is 3. The lowest BCUT2D eigenvalue weighted by Crippen LogP contribution is -2.09.